The second-order valence-corrected chi connectivity index (χ2v) is 4.67. The summed E-state index contributed by atoms with van der Waals surface area (Å²) in [6.07, 6.45) is 2.32. The summed E-state index contributed by atoms with van der Waals surface area (Å²) < 4.78 is 27.0. The highest BCUT2D eigenvalue weighted by atomic mass is 79.9. The first-order valence-corrected chi connectivity index (χ1v) is 6.19. The Morgan fingerprint density at radius 3 is 2.84 bits per heavy atom. The zero-order valence-electron chi connectivity index (χ0n) is 9.66. The Labute approximate surface area is 116 Å². The highest BCUT2D eigenvalue weighted by molar-refractivity contribution is 9.10. The molecule has 19 heavy (non-hydrogen) atoms. The summed E-state index contributed by atoms with van der Waals surface area (Å²) in [6.45, 7) is 0. The topological polar surface area (TPSA) is 42.0 Å². The number of carbonyl (C=O) groups excluding carboxylic acids is 1. The number of halogens is 3. The molecular formula is C13H9BrF2N2O. The molecule has 0 unspecified atom stereocenters. The molecule has 0 bridgehead atoms. The maximum absolute atomic E-state index is 13.3. The van der Waals surface area contributed by atoms with Gasteiger partial charge in [0, 0.05) is 10.7 Å². The quantitative estimate of drug-likeness (QED) is 0.940. The van der Waals surface area contributed by atoms with Gasteiger partial charge in [-0.3, -0.25) is 9.78 Å². The number of rotatable bonds is 3. The van der Waals surface area contributed by atoms with E-state index in [0.717, 1.165) is 6.20 Å². The lowest BCUT2D eigenvalue weighted by molar-refractivity contribution is -0.115. The molecule has 2 aromatic rings. The lowest BCUT2D eigenvalue weighted by atomic mass is 10.1. The molecule has 2 rings (SSSR count). The van der Waals surface area contributed by atoms with Crippen LogP contribution in [0.1, 0.15) is 5.56 Å². The van der Waals surface area contributed by atoms with Crippen LogP contribution in [0.25, 0.3) is 0 Å². The van der Waals surface area contributed by atoms with Gasteiger partial charge in [0.05, 0.1) is 18.3 Å². The van der Waals surface area contributed by atoms with Crippen LogP contribution in [0.4, 0.5) is 14.5 Å². The molecule has 3 nitrogen and oxygen atoms in total. The van der Waals surface area contributed by atoms with Crippen molar-refractivity contribution < 1.29 is 13.6 Å². The molecule has 0 radical (unpaired) electrons. The van der Waals surface area contributed by atoms with E-state index in [1.807, 2.05) is 0 Å². The second kappa shape index (κ2) is 5.88. The fourth-order valence-electron chi connectivity index (χ4n) is 1.52. The molecule has 0 aliphatic rings. The third kappa shape index (κ3) is 3.57. The van der Waals surface area contributed by atoms with Crippen LogP contribution in [0.3, 0.4) is 0 Å². The van der Waals surface area contributed by atoms with Gasteiger partial charge >= 0.3 is 0 Å². The number of amides is 1. The maximum atomic E-state index is 13.3. The average molecular weight is 327 g/mol. The highest BCUT2D eigenvalue weighted by Crippen LogP contribution is 2.19. The van der Waals surface area contributed by atoms with Crippen molar-refractivity contribution in [3.63, 3.8) is 0 Å². The predicted octanol–water partition coefficient (Wildman–Crippen LogP) is 3.30. The Balaban J connectivity index is 2.10. The number of hydrogen-bond donors (Lipinski definition) is 1. The first kappa shape index (κ1) is 13.6. The van der Waals surface area contributed by atoms with E-state index in [9.17, 15) is 13.6 Å². The first-order valence-electron chi connectivity index (χ1n) is 5.39. The van der Waals surface area contributed by atoms with Crippen LogP contribution in [-0.4, -0.2) is 10.9 Å². The summed E-state index contributed by atoms with van der Waals surface area (Å²) in [4.78, 5) is 15.3. The van der Waals surface area contributed by atoms with Crippen LogP contribution < -0.4 is 5.32 Å². The van der Waals surface area contributed by atoms with Crippen molar-refractivity contribution in [2.24, 2.45) is 0 Å². The summed E-state index contributed by atoms with van der Waals surface area (Å²) in [6, 6.07) is 5.42. The van der Waals surface area contributed by atoms with Gasteiger partial charge in [0.2, 0.25) is 5.91 Å². The molecule has 0 aliphatic heterocycles. The van der Waals surface area contributed by atoms with Crippen LogP contribution >= 0.6 is 15.9 Å². The molecule has 0 fully saturated rings. The Bertz CT molecular complexity index is 619. The number of nitrogens with zero attached hydrogens (tertiary/aromatic N) is 1. The van der Waals surface area contributed by atoms with Crippen molar-refractivity contribution in [2.75, 3.05) is 5.32 Å². The number of nitrogens with one attached hydrogen (secondary N) is 1. The standard InChI is InChI=1S/C13H9BrF2N2O/c14-10-2-1-9(15)5-8(10)6-13(19)18-12-3-4-17-7-11(12)16/h1-5,7H,6H2,(H,17,18,19). The minimum atomic E-state index is -0.617. The van der Waals surface area contributed by atoms with E-state index in [-0.39, 0.29) is 12.1 Å². The van der Waals surface area contributed by atoms with Gasteiger partial charge in [-0.1, -0.05) is 15.9 Å². The summed E-state index contributed by atoms with van der Waals surface area (Å²) in [7, 11) is 0. The third-order valence-electron chi connectivity index (χ3n) is 2.41. The second-order valence-electron chi connectivity index (χ2n) is 3.82. The van der Waals surface area contributed by atoms with Gasteiger partial charge < -0.3 is 5.32 Å². The summed E-state index contributed by atoms with van der Waals surface area (Å²) in [5.74, 6) is -1.48. The Morgan fingerprint density at radius 2 is 2.11 bits per heavy atom. The molecule has 6 heteroatoms. The largest absolute Gasteiger partial charge is 0.323 e. The van der Waals surface area contributed by atoms with Gasteiger partial charge in [0.15, 0.2) is 5.82 Å². The zero-order valence-corrected chi connectivity index (χ0v) is 11.2. The van der Waals surface area contributed by atoms with E-state index in [2.05, 4.69) is 26.2 Å². The van der Waals surface area contributed by atoms with Crippen LogP contribution in [0.15, 0.2) is 41.1 Å². The van der Waals surface area contributed by atoms with Crippen LogP contribution in [-0.2, 0) is 11.2 Å². The SMILES string of the molecule is O=C(Cc1cc(F)ccc1Br)Nc1ccncc1F. The van der Waals surface area contributed by atoms with Crippen molar-refractivity contribution in [3.05, 3.63) is 58.3 Å². The van der Waals surface area contributed by atoms with E-state index in [4.69, 9.17) is 0 Å². The molecule has 0 saturated heterocycles. The maximum Gasteiger partial charge on any atom is 0.228 e. The molecule has 98 valence electrons. The Morgan fingerprint density at radius 1 is 1.32 bits per heavy atom. The molecule has 0 spiro atoms. The minimum Gasteiger partial charge on any atom is -0.323 e. The lowest BCUT2D eigenvalue weighted by Crippen LogP contribution is -2.15. The van der Waals surface area contributed by atoms with Gasteiger partial charge in [0.1, 0.15) is 5.82 Å². The number of anilines is 1. The van der Waals surface area contributed by atoms with E-state index in [1.54, 1.807) is 0 Å². The minimum absolute atomic E-state index is 0.0486. The number of aromatic nitrogens is 1. The average Bonchev–Trinajstić information content (AvgIpc) is 2.37. The molecular weight excluding hydrogens is 318 g/mol. The monoisotopic (exact) mass is 326 g/mol. The Hall–Kier alpha value is -1.82. The van der Waals surface area contributed by atoms with Gasteiger partial charge in [-0.2, -0.15) is 0 Å². The Kier molecular flexibility index (Phi) is 4.21. The number of benzene rings is 1. The number of pyridine rings is 1. The van der Waals surface area contributed by atoms with Gasteiger partial charge in [-0.25, -0.2) is 8.78 Å². The van der Waals surface area contributed by atoms with Gasteiger partial charge in [-0.05, 0) is 29.8 Å². The predicted molar refractivity (Wildman–Crippen MR) is 70.6 cm³/mol. The van der Waals surface area contributed by atoms with Crippen molar-refractivity contribution in [2.45, 2.75) is 6.42 Å². The summed E-state index contributed by atoms with van der Waals surface area (Å²) in [5.41, 5.74) is 0.541. The zero-order chi connectivity index (χ0) is 13.8. The van der Waals surface area contributed by atoms with E-state index >= 15 is 0 Å². The van der Waals surface area contributed by atoms with Crippen LogP contribution in [0.2, 0.25) is 0 Å². The van der Waals surface area contributed by atoms with E-state index < -0.39 is 17.5 Å². The molecule has 1 amide bonds. The molecule has 1 aromatic heterocycles. The molecule has 1 heterocycles. The molecule has 0 atom stereocenters. The number of hydrogen-bond acceptors (Lipinski definition) is 2. The highest BCUT2D eigenvalue weighted by Gasteiger charge is 2.10. The first-order chi connectivity index (χ1) is 9.06. The fourth-order valence-corrected chi connectivity index (χ4v) is 1.91. The van der Waals surface area contributed by atoms with Crippen LogP contribution in [0.5, 0.6) is 0 Å². The summed E-state index contributed by atoms with van der Waals surface area (Å²) in [5, 5.41) is 2.41. The molecule has 1 N–H and O–H groups in total. The van der Waals surface area contributed by atoms with E-state index in [1.165, 1.54) is 30.5 Å². The molecule has 0 saturated carbocycles. The van der Waals surface area contributed by atoms with Crippen molar-refractivity contribution in [1.29, 1.82) is 0 Å². The van der Waals surface area contributed by atoms with Gasteiger partial charge in [-0.15, -0.1) is 0 Å². The molecule has 0 aliphatic carbocycles. The van der Waals surface area contributed by atoms with Crippen molar-refractivity contribution >= 4 is 27.5 Å². The van der Waals surface area contributed by atoms with Crippen molar-refractivity contribution in [3.8, 4) is 0 Å². The van der Waals surface area contributed by atoms with E-state index in [0.29, 0.717) is 10.0 Å². The smallest absolute Gasteiger partial charge is 0.228 e. The molecule has 1 aromatic carbocycles. The lowest BCUT2D eigenvalue weighted by Gasteiger charge is -2.07. The normalized spacial score (nSPS) is 10.3. The van der Waals surface area contributed by atoms with Crippen LogP contribution in [0, 0.1) is 11.6 Å². The van der Waals surface area contributed by atoms with Crippen molar-refractivity contribution in [1.82, 2.24) is 4.98 Å². The third-order valence-corrected chi connectivity index (χ3v) is 3.18. The van der Waals surface area contributed by atoms with Gasteiger partial charge in [0.25, 0.3) is 0 Å². The number of carbonyl (C=O) groups is 1. The fraction of sp³-hybridized carbons (Fsp3) is 0.0769. The summed E-state index contributed by atoms with van der Waals surface area (Å²) >= 11 is 3.23.